The normalized spacial score (nSPS) is 12.1. The second-order valence-corrected chi connectivity index (χ2v) is 9.53. The Bertz CT molecular complexity index is 1320. The molecule has 3 aromatic heterocycles. The molecule has 3 aromatic rings. The Hall–Kier alpha value is -3.06. The Labute approximate surface area is 183 Å². The van der Waals surface area contributed by atoms with Gasteiger partial charge in [-0.3, -0.25) is 4.79 Å². The molecule has 0 fully saturated rings. The summed E-state index contributed by atoms with van der Waals surface area (Å²) in [4.78, 5) is 32.1. The average Bonchev–Trinajstić information content (AvgIpc) is 3.20. The Morgan fingerprint density at radius 3 is 2.56 bits per heavy atom. The zero-order valence-electron chi connectivity index (χ0n) is 16.5. The highest BCUT2D eigenvalue weighted by Gasteiger charge is 2.40. The van der Waals surface area contributed by atoms with Gasteiger partial charge in [0.25, 0.3) is 5.56 Å². The standard InChI is InChI=1S/C19H16F3N3O5S2/c1-2-25-16(19(20,21)22)12(18(27)28)9-11(17(25)26)13-10-31-14(24-13)6-8-32(29,30)15-5-3-4-7-23-15/h3-5,7,9-10H,2,6,8H2,1H3,(H,27,28). The van der Waals surface area contributed by atoms with Crippen LogP contribution >= 0.6 is 11.3 Å². The van der Waals surface area contributed by atoms with Crippen LogP contribution in [0, 0.1) is 0 Å². The molecule has 0 aromatic carbocycles. The summed E-state index contributed by atoms with van der Waals surface area (Å²) in [6.45, 7) is 0.891. The topological polar surface area (TPSA) is 119 Å². The van der Waals surface area contributed by atoms with E-state index in [2.05, 4.69) is 9.97 Å². The van der Waals surface area contributed by atoms with Crippen molar-refractivity contribution in [1.82, 2.24) is 14.5 Å². The van der Waals surface area contributed by atoms with Gasteiger partial charge in [-0.2, -0.15) is 13.2 Å². The van der Waals surface area contributed by atoms with Gasteiger partial charge in [0.1, 0.15) is 5.69 Å². The number of aryl methyl sites for hydroxylation is 1. The van der Waals surface area contributed by atoms with E-state index in [1.54, 1.807) is 6.07 Å². The maximum Gasteiger partial charge on any atom is 0.432 e. The van der Waals surface area contributed by atoms with E-state index in [9.17, 15) is 36.3 Å². The first kappa shape index (κ1) is 23.6. The molecule has 0 amide bonds. The van der Waals surface area contributed by atoms with Gasteiger partial charge in [0, 0.05) is 24.5 Å². The molecule has 0 saturated carbocycles. The molecule has 0 aliphatic heterocycles. The molecule has 0 atom stereocenters. The lowest BCUT2D eigenvalue weighted by molar-refractivity contribution is -0.144. The summed E-state index contributed by atoms with van der Waals surface area (Å²) in [5.74, 6) is -2.15. The van der Waals surface area contributed by atoms with Crippen LogP contribution in [0.4, 0.5) is 13.2 Å². The lowest BCUT2D eigenvalue weighted by Crippen LogP contribution is -2.31. The van der Waals surface area contributed by atoms with Crippen LogP contribution in [0.1, 0.15) is 28.0 Å². The number of thiazole rings is 1. The van der Waals surface area contributed by atoms with Crippen molar-refractivity contribution in [3.05, 3.63) is 62.5 Å². The third kappa shape index (κ3) is 4.72. The van der Waals surface area contributed by atoms with E-state index in [4.69, 9.17) is 0 Å². The second-order valence-electron chi connectivity index (χ2n) is 6.54. The highest BCUT2D eigenvalue weighted by atomic mass is 32.2. The van der Waals surface area contributed by atoms with Crippen molar-refractivity contribution in [3.8, 4) is 11.3 Å². The molecule has 0 radical (unpaired) electrons. The summed E-state index contributed by atoms with van der Waals surface area (Å²) in [5, 5.41) is 10.9. The first-order chi connectivity index (χ1) is 15.0. The van der Waals surface area contributed by atoms with Gasteiger partial charge in [-0.05, 0) is 25.1 Å². The fraction of sp³-hybridized carbons (Fsp3) is 0.263. The van der Waals surface area contributed by atoms with Gasteiger partial charge in [-0.15, -0.1) is 11.3 Å². The van der Waals surface area contributed by atoms with E-state index in [0.29, 0.717) is 15.6 Å². The van der Waals surface area contributed by atoms with Gasteiger partial charge in [0.05, 0.1) is 27.6 Å². The average molecular weight is 487 g/mol. The molecule has 0 aliphatic carbocycles. The summed E-state index contributed by atoms with van der Waals surface area (Å²) < 4.78 is 65.4. The van der Waals surface area contributed by atoms with Crippen molar-refractivity contribution < 1.29 is 31.5 Å². The molecule has 0 spiro atoms. The van der Waals surface area contributed by atoms with Crippen LogP contribution in [0.3, 0.4) is 0 Å². The summed E-state index contributed by atoms with van der Waals surface area (Å²) in [7, 11) is -3.69. The number of rotatable bonds is 7. The molecule has 0 saturated heterocycles. The molecule has 3 heterocycles. The van der Waals surface area contributed by atoms with Crippen LogP contribution < -0.4 is 5.56 Å². The zero-order valence-corrected chi connectivity index (χ0v) is 18.1. The second kappa shape index (κ2) is 8.82. The maximum atomic E-state index is 13.4. The minimum atomic E-state index is -5.05. The molecular weight excluding hydrogens is 471 g/mol. The van der Waals surface area contributed by atoms with E-state index < -0.39 is 45.3 Å². The van der Waals surface area contributed by atoms with E-state index in [0.717, 1.165) is 11.3 Å². The number of halogens is 3. The van der Waals surface area contributed by atoms with Crippen LogP contribution in [-0.4, -0.2) is 39.8 Å². The molecule has 0 bridgehead atoms. The molecule has 32 heavy (non-hydrogen) atoms. The molecule has 0 aliphatic rings. The molecule has 8 nitrogen and oxygen atoms in total. The molecule has 1 N–H and O–H groups in total. The van der Waals surface area contributed by atoms with Gasteiger partial charge in [-0.25, -0.2) is 23.2 Å². The minimum absolute atomic E-state index is 0.0159. The monoisotopic (exact) mass is 487 g/mol. The summed E-state index contributed by atoms with van der Waals surface area (Å²) in [6, 6.07) is 5.12. The number of hydrogen-bond acceptors (Lipinski definition) is 7. The number of hydrogen-bond donors (Lipinski definition) is 1. The first-order valence-electron chi connectivity index (χ1n) is 9.12. The number of pyridine rings is 2. The van der Waals surface area contributed by atoms with Gasteiger partial charge in [-0.1, -0.05) is 6.07 Å². The van der Waals surface area contributed by atoms with E-state index in [-0.39, 0.29) is 28.5 Å². The fourth-order valence-corrected chi connectivity index (χ4v) is 5.13. The van der Waals surface area contributed by atoms with Crippen LogP contribution in [0.5, 0.6) is 0 Å². The predicted octanol–water partition coefficient (Wildman–Crippen LogP) is 3.12. The van der Waals surface area contributed by atoms with Crippen molar-refractivity contribution >= 4 is 27.1 Å². The fourth-order valence-electron chi connectivity index (χ4n) is 3.03. The first-order valence-corrected chi connectivity index (χ1v) is 11.7. The molecule has 3 rings (SSSR count). The lowest BCUT2D eigenvalue weighted by Gasteiger charge is -2.17. The largest absolute Gasteiger partial charge is 0.478 e. The highest BCUT2D eigenvalue weighted by molar-refractivity contribution is 7.91. The number of alkyl halides is 3. The summed E-state index contributed by atoms with van der Waals surface area (Å²) in [6.07, 6.45) is -3.72. The van der Waals surface area contributed by atoms with Gasteiger partial charge in [0.15, 0.2) is 14.9 Å². The number of carboxylic acids is 1. The van der Waals surface area contributed by atoms with Crippen molar-refractivity contribution in [1.29, 1.82) is 0 Å². The number of nitrogens with zero attached hydrogens (tertiary/aromatic N) is 3. The molecule has 13 heteroatoms. The quantitative estimate of drug-likeness (QED) is 0.544. The minimum Gasteiger partial charge on any atom is -0.478 e. The Balaban J connectivity index is 1.98. The van der Waals surface area contributed by atoms with Crippen molar-refractivity contribution in [2.75, 3.05) is 5.75 Å². The van der Waals surface area contributed by atoms with Gasteiger partial charge < -0.3 is 9.67 Å². The van der Waals surface area contributed by atoms with Gasteiger partial charge >= 0.3 is 12.1 Å². The smallest absolute Gasteiger partial charge is 0.432 e. The predicted molar refractivity (Wildman–Crippen MR) is 109 cm³/mol. The summed E-state index contributed by atoms with van der Waals surface area (Å²) in [5.41, 5.74) is -3.99. The molecule has 170 valence electrons. The third-order valence-corrected chi connectivity index (χ3v) is 7.00. The number of carbonyl (C=O) groups is 1. The van der Waals surface area contributed by atoms with E-state index >= 15 is 0 Å². The molecular formula is C19H16F3N3O5S2. The number of aromatic carboxylic acids is 1. The van der Waals surface area contributed by atoms with Crippen LogP contribution in [0.2, 0.25) is 0 Å². The van der Waals surface area contributed by atoms with Crippen LogP contribution in [0.25, 0.3) is 11.3 Å². The third-order valence-electron chi connectivity index (χ3n) is 4.47. The van der Waals surface area contributed by atoms with Crippen molar-refractivity contribution in [2.24, 2.45) is 0 Å². The Morgan fingerprint density at radius 1 is 1.28 bits per heavy atom. The highest BCUT2D eigenvalue weighted by Crippen LogP contribution is 2.33. The van der Waals surface area contributed by atoms with Crippen LogP contribution in [0.15, 0.2) is 45.7 Å². The zero-order chi connectivity index (χ0) is 23.7. The van der Waals surface area contributed by atoms with Crippen molar-refractivity contribution in [3.63, 3.8) is 0 Å². The number of aromatic nitrogens is 3. The molecule has 0 unspecified atom stereocenters. The number of carboxylic acid groups (broad SMARTS) is 1. The summed E-state index contributed by atoms with van der Waals surface area (Å²) >= 11 is 1.01. The Morgan fingerprint density at radius 2 is 2.00 bits per heavy atom. The van der Waals surface area contributed by atoms with Crippen molar-refractivity contribution in [2.45, 2.75) is 31.1 Å². The van der Waals surface area contributed by atoms with E-state index in [1.807, 2.05) is 0 Å². The van der Waals surface area contributed by atoms with Crippen LogP contribution in [-0.2, 0) is 29.0 Å². The Kier molecular flexibility index (Phi) is 6.51. The SMILES string of the molecule is CCn1c(C(F)(F)F)c(C(=O)O)cc(-c2csc(CCS(=O)(=O)c3ccccn3)n2)c1=O. The maximum absolute atomic E-state index is 13.4. The van der Waals surface area contributed by atoms with Gasteiger partial charge in [0.2, 0.25) is 0 Å². The lowest BCUT2D eigenvalue weighted by atomic mass is 10.1. The van der Waals surface area contributed by atoms with E-state index in [1.165, 1.54) is 30.6 Å². The number of sulfone groups is 1.